The lowest BCUT2D eigenvalue weighted by atomic mass is 9.97. The third kappa shape index (κ3) is 2.80. The number of hydrogen-bond acceptors (Lipinski definition) is 2. The lowest BCUT2D eigenvalue weighted by Gasteiger charge is -2.15. The number of carbonyl (C=O) groups is 1. The molecular formula is C17H17ClN2O. The fourth-order valence-corrected chi connectivity index (χ4v) is 2.84. The van der Waals surface area contributed by atoms with E-state index >= 15 is 0 Å². The van der Waals surface area contributed by atoms with E-state index < -0.39 is 0 Å². The second-order valence-electron chi connectivity index (χ2n) is 5.45. The average molecular weight is 301 g/mol. The number of likely N-dealkylation sites (N-methyl/N-ethyl adjacent to an activating group) is 1. The van der Waals surface area contributed by atoms with E-state index in [1.54, 1.807) is 4.90 Å². The van der Waals surface area contributed by atoms with Gasteiger partial charge < -0.3 is 10.6 Å². The van der Waals surface area contributed by atoms with E-state index in [0.29, 0.717) is 6.42 Å². The molecule has 2 aromatic carbocycles. The second kappa shape index (κ2) is 5.51. The first-order chi connectivity index (χ1) is 10.0. The van der Waals surface area contributed by atoms with Gasteiger partial charge in [0, 0.05) is 23.8 Å². The number of rotatable bonds is 3. The number of nitrogens with two attached hydrogens (primary N) is 1. The summed E-state index contributed by atoms with van der Waals surface area (Å²) in [5.74, 6) is 0.133. The minimum Gasteiger partial charge on any atom is -0.324 e. The Morgan fingerprint density at radius 3 is 2.67 bits per heavy atom. The van der Waals surface area contributed by atoms with Gasteiger partial charge in [0.15, 0.2) is 0 Å². The first-order valence-corrected chi connectivity index (χ1v) is 7.32. The standard InChI is InChI=1S/C17H17ClN2O/c1-20-16-7-4-12(9-13(16)10-17(20)21)15(19)8-11-2-5-14(18)6-3-11/h2-7,9,15H,8,10,19H2,1H3. The minimum absolute atomic E-state index is 0.0857. The van der Waals surface area contributed by atoms with Crippen molar-refractivity contribution in [3.63, 3.8) is 0 Å². The molecule has 0 bridgehead atoms. The lowest BCUT2D eigenvalue weighted by molar-refractivity contribution is -0.117. The maximum absolute atomic E-state index is 11.7. The highest BCUT2D eigenvalue weighted by Gasteiger charge is 2.24. The summed E-state index contributed by atoms with van der Waals surface area (Å²) in [6, 6.07) is 13.7. The third-order valence-corrected chi connectivity index (χ3v) is 4.23. The summed E-state index contributed by atoms with van der Waals surface area (Å²) in [6.07, 6.45) is 1.22. The molecule has 0 aliphatic carbocycles. The quantitative estimate of drug-likeness (QED) is 0.947. The van der Waals surface area contributed by atoms with Gasteiger partial charge in [-0.05, 0) is 41.3 Å². The fourth-order valence-electron chi connectivity index (χ4n) is 2.71. The molecule has 3 rings (SSSR count). The molecule has 4 heteroatoms. The Bertz CT molecular complexity index is 682. The van der Waals surface area contributed by atoms with Gasteiger partial charge in [-0.2, -0.15) is 0 Å². The van der Waals surface area contributed by atoms with Gasteiger partial charge in [0.2, 0.25) is 5.91 Å². The fraction of sp³-hybridized carbons (Fsp3) is 0.235. The summed E-state index contributed by atoms with van der Waals surface area (Å²) < 4.78 is 0. The molecule has 3 nitrogen and oxygen atoms in total. The molecule has 0 saturated carbocycles. The number of carbonyl (C=O) groups excluding carboxylic acids is 1. The molecule has 1 aliphatic heterocycles. The number of benzene rings is 2. The van der Waals surface area contributed by atoms with Crippen LogP contribution in [0.5, 0.6) is 0 Å². The summed E-state index contributed by atoms with van der Waals surface area (Å²) in [5.41, 5.74) is 10.6. The predicted molar refractivity (Wildman–Crippen MR) is 85.6 cm³/mol. The predicted octanol–water partition coefficient (Wildman–Crippen LogP) is 3.10. The second-order valence-corrected chi connectivity index (χ2v) is 5.89. The van der Waals surface area contributed by atoms with Crippen LogP contribution in [0.3, 0.4) is 0 Å². The summed E-state index contributed by atoms with van der Waals surface area (Å²) >= 11 is 5.89. The van der Waals surface area contributed by atoms with Crippen molar-refractivity contribution in [3.05, 3.63) is 64.2 Å². The van der Waals surface area contributed by atoms with Crippen LogP contribution in [-0.4, -0.2) is 13.0 Å². The molecule has 1 amide bonds. The van der Waals surface area contributed by atoms with Crippen molar-refractivity contribution in [2.75, 3.05) is 11.9 Å². The van der Waals surface area contributed by atoms with E-state index in [1.165, 1.54) is 0 Å². The monoisotopic (exact) mass is 300 g/mol. The molecule has 0 radical (unpaired) electrons. The van der Waals surface area contributed by atoms with Gasteiger partial charge in [0.1, 0.15) is 0 Å². The molecule has 0 saturated heterocycles. The first kappa shape index (κ1) is 14.1. The Kier molecular flexibility index (Phi) is 3.70. The number of hydrogen-bond donors (Lipinski definition) is 1. The van der Waals surface area contributed by atoms with E-state index in [1.807, 2.05) is 43.4 Å². The Morgan fingerprint density at radius 1 is 1.24 bits per heavy atom. The van der Waals surface area contributed by atoms with Crippen LogP contribution in [0.1, 0.15) is 22.7 Å². The van der Waals surface area contributed by atoms with Crippen molar-refractivity contribution in [3.8, 4) is 0 Å². The van der Waals surface area contributed by atoms with Crippen LogP contribution in [0.25, 0.3) is 0 Å². The SMILES string of the molecule is CN1C(=O)Cc2cc(C(N)Cc3ccc(Cl)cc3)ccc21. The first-order valence-electron chi connectivity index (χ1n) is 6.94. The van der Waals surface area contributed by atoms with Gasteiger partial charge in [0.05, 0.1) is 6.42 Å². The molecule has 0 fully saturated rings. The van der Waals surface area contributed by atoms with Crippen molar-refractivity contribution < 1.29 is 4.79 Å². The van der Waals surface area contributed by atoms with E-state index in [0.717, 1.165) is 33.8 Å². The molecule has 1 unspecified atom stereocenters. The summed E-state index contributed by atoms with van der Waals surface area (Å²) in [5, 5.41) is 0.728. The molecule has 2 aromatic rings. The van der Waals surface area contributed by atoms with Crippen molar-refractivity contribution in [1.82, 2.24) is 0 Å². The van der Waals surface area contributed by atoms with Gasteiger partial charge in [0.25, 0.3) is 0 Å². The van der Waals surface area contributed by atoms with Crippen molar-refractivity contribution in [1.29, 1.82) is 0 Å². The topological polar surface area (TPSA) is 46.3 Å². The van der Waals surface area contributed by atoms with Crippen molar-refractivity contribution in [2.24, 2.45) is 5.73 Å². The van der Waals surface area contributed by atoms with Crippen LogP contribution in [-0.2, 0) is 17.6 Å². The Labute approximate surface area is 129 Å². The normalized spacial score (nSPS) is 15.2. The molecule has 21 heavy (non-hydrogen) atoms. The van der Waals surface area contributed by atoms with E-state index in [-0.39, 0.29) is 11.9 Å². The van der Waals surface area contributed by atoms with Crippen LogP contribution < -0.4 is 10.6 Å². The molecule has 1 atom stereocenters. The molecule has 1 aliphatic rings. The number of nitrogens with zero attached hydrogens (tertiary/aromatic N) is 1. The summed E-state index contributed by atoms with van der Waals surface area (Å²) in [4.78, 5) is 13.4. The summed E-state index contributed by atoms with van der Waals surface area (Å²) in [7, 11) is 1.81. The number of halogens is 1. The lowest BCUT2D eigenvalue weighted by Crippen LogP contribution is -2.20. The van der Waals surface area contributed by atoms with E-state index in [9.17, 15) is 4.79 Å². The van der Waals surface area contributed by atoms with Gasteiger partial charge in [-0.1, -0.05) is 35.9 Å². The van der Waals surface area contributed by atoms with Crippen LogP contribution in [0.4, 0.5) is 5.69 Å². The Morgan fingerprint density at radius 2 is 1.95 bits per heavy atom. The van der Waals surface area contributed by atoms with E-state index in [2.05, 4.69) is 6.07 Å². The maximum Gasteiger partial charge on any atom is 0.231 e. The highest BCUT2D eigenvalue weighted by molar-refractivity contribution is 6.30. The van der Waals surface area contributed by atoms with Crippen LogP contribution in [0.15, 0.2) is 42.5 Å². The van der Waals surface area contributed by atoms with Crippen molar-refractivity contribution >= 4 is 23.2 Å². The molecule has 0 aromatic heterocycles. The summed E-state index contributed by atoms with van der Waals surface area (Å²) in [6.45, 7) is 0. The number of fused-ring (bicyclic) bond motifs is 1. The smallest absolute Gasteiger partial charge is 0.231 e. The average Bonchev–Trinajstić information content (AvgIpc) is 2.76. The van der Waals surface area contributed by atoms with Gasteiger partial charge >= 0.3 is 0 Å². The zero-order valence-electron chi connectivity index (χ0n) is 11.8. The van der Waals surface area contributed by atoms with Crippen LogP contribution in [0, 0.1) is 0 Å². The van der Waals surface area contributed by atoms with Gasteiger partial charge in [-0.15, -0.1) is 0 Å². The number of anilines is 1. The van der Waals surface area contributed by atoms with Crippen molar-refractivity contribution in [2.45, 2.75) is 18.9 Å². The van der Waals surface area contributed by atoms with Crippen LogP contribution >= 0.6 is 11.6 Å². The highest BCUT2D eigenvalue weighted by atomic mass is 35.5. The van der Waals surface area contributed by atoms with E-state index in [4.69, 9.17) is 17.3 Å². The Hall–Kier alpha value is -1.84. The molecule has 0 spiro atoms. The molecule has 1 heterocycles. The minimum atomic E-state index is -0.0857. The third-order valence-electron chi connectivity index (χ3n) is 3.98. The zero-order chi connectivity index (χ0) is 15.0. The number of amides is 1. The largest absolute Gasteiger partial charge is 0.324 e. The Balaban J connectivity index is 1.80. The highest BCUT2D eigenvalue weighted by Crippen LogP contribution is 2.30. The van der Waals surface area contributed by atoms with Crippen LogP contribution in [0.2, 0.25) is 5.02 Å². The molecular weight excluding hydrogens is 284 g/mol. The zero-order valence-corrected chi connectivity index (χ0v) is 12.6. The van der Waals surface area contributed by atoms with Gasteiger partial charge in [-0.3, -0.25) is 4.79 Å². The molecule has 2 N–H and O–H groups in total. The molecule has 108 valence electrons. The van der Waals surface area contributed by atoms with Gasteiger partial charge in [-0.25, -0.2) is 0 Å². The maximum atomic E-state index is 11.7.